The average molecular weight is 408 g/mol. The Balaban J connectivity index is 1.81. The van der Waals surface area contributed by atoms with Gasteiger partial charge in [-0.15, -0.1) is 0 Å². The number of rotatable bonds is 3. The Hall–Kier alpha value is -1.41. The summed E-state index contributed by atoms with van der Waals surface area (Å²) in [5.74, 6) is -2.01. The van der Waals surface area contributed by atoms with E-state index in [1.165, 1.54) is 19.3 Å². The van der Waals surface area contributed by atoms with Crippen molar-refractivity contribution >= 4 is 11.6 Å². The lowest BCUT2D eigenvalue weighted by Gasteiger charge is -2.62. The summed E-state index contributed by atoms with van der Waals surface area (Å²) in [4.78, 5) is 24.6. The molecule has 29 heavy (non-hydrogen) atoms. The number of hydrogen-bond acceptors (Lipinski definition) is 6. The van der Waals surface area contributed by atoms with Gasteiger partial charge in [0.25, 0.3) is 0 Å². The third-order valence-electron chi connectivity index (χ3n) is 8.56. The zero-order valence-corrected chi connectivity index (χ0v) is 17.0. The number of carbonyl (C=O) groups excluding carboxylic acids is 2. The van der Waals surface area contributed by atoms with Gasteiger partial charge >= 0.3 is 0 Å². The minimum absolute atomic E-state index is 0.0727. The summed E-state index contributed by atoms with van der Waals surface area (Å²) in [5, 5.41) is 33.2. The van der Waals surface area contributed by atoms with Gasteiger partial charge in [-0.3, -0.25) is 9.59 Å². The van der Waals surface area contributed by atoms with Crippen molar-refractivity contribution in [2.45, 2.75) is 63.0 Å². The molecule has 6 nitrogen and oxygen atoms in total. The second-order valence-electron chi connectivity index (χ2n) is 9.64. The lowest BCUT2D eigenvalue weighted by molar-refractivity contribution is -0.222. The van der Waals surface area contributed by atoms with Crippen molar-refractivity contribution in [3.8, 4) is 0 Å². The molecule has 7 heteroatoms. The molecule has 0 aliphatic heterocycles. The topological polar surface area (TPSA) is 104 Å². The first-order valence-corrected chi connectivity index (χ1v) is 10.2. The van der Waals surface area contributed by atoms with E-state index in [4.69, 9.17) is 4.74 Å². The molecule has 3 saturated carbocycles. The van der Waals surface area contributed by atoms with E-state index in [9.17, 15) is 24.9 Å². The molecule has 0 amide bonds. The smallest absolute Gasteiger partial charge is 0.193 e. The highest BCUT2D eigenvalue weighted by molar-refractivity contribution is 6.01. The number of halogens is 1. The quantitative estimate of drug-likeness (QED) is 0.650. The van der Waals surface area contributed by atoms with Crippen LogP contribution in [0.3, 0.4) is 0 Å². The van der Waals surface area contributed by atoms with Crippen LogP contribution in [0.15, 0.2) is 23.8 Å². The van der Waals surface area contributed by atoms with Gasteiger partial charge in [-0.05, 0) is 50.7 Å². The summed E-state index contributed by atoms with van der Waals surface area (Å²) >= 11 is 0. The van der Waals surface area contributed by atoms with Gasteiger partial charge < -0.3 is 20.1 Å². The molecule has 4 aliphatic rings. The van der Waals surface area contributed by atoms with Crippen LogP contribution in [0, 0.1) is 22.7 Å². The predicted octanol–water partition coefficient (Wildman–Crippen LogP) is 1.27. The molecule has 0 radical (unpaired) electrons. The summed E-state index contributed by atoms with van der Waals surface area (Å²) in [6.07, 6.45) is 2.30. The fraction of sp³-hybridized carbons (Fsp3) is 0.727. The maximum Gasteiger partial charge on any atom is 0.193 e. The molecule has 0 bridgehead atoms. The number of hydrogen-bond donors (Lipinski definition) is 3. The number of fused-ring (bicyclic) bond motifs is 5. The first-order chi connectivity index (χ1) is 13.5. The highest BCUT2D eigenvalue weighted by Gasteiger charge is 2.76. The Bertz CT molecular complexity index is 822. The Labute approximate surface area is 169 Å². The number of Topliss-reactive ketones (excluding diaryl/α,β-unsaturated/α-hetero) is 1. The molecule has 0 aromatic carbocycles. The maximum atomic E-state index is 16.9. The van der Waals surface area contributed by atoms with Crippen molar-refractivity contribution in [1.82, 2.24) is 0 Å². The second-order valence-corrected chi connectivity index (χ2v) is 9.64. The molecule has 0 aromatic heterocycles. The van der Waals surface area contributed by atoms with Crippen molar-refractivity contribution in [3.05, 3.63) is 23.8 Å². The normalized spacial score (nSPS) is 51.1. The predicted molar refractivity (Wildman–Crippen MR) is 102 cm³/mol. The van der Waals surface area contributed by atoms with Crippen LogP contribution in [0.1, 0.15) is 39.5 Å². The lowest BCUT2D eigenvalue weighted by atomic mass is 9.44. The number of ketones is 2. The van der Waals surface area contributed by atoms with E-state index in [0.717, 1.165) is 0 Å². The molecule has 0 saturated heterocycles. The first kappa shape index (κ1) is 20.8. The van der Waals surface area contributed by atoms with Crippen LogP contribution < -0.4 is 0 Å². The van der Waals surface area contributed by atoms with Crippen LogP contribution in [0.4, 0.5) is 4.39 Å². The number of ether oxygens (including phenoxy) is 1. The average Bonchev–Trinajstić information content (AvgIpc) is 2.85. The van der Waals surface area contributed by atoms with E-state index in [-0.39, 0.29) is 25.2 Å². The van der Waals surface area contributed by atoms with Gasteiger partial charge in [-0.2, -0.15) is 0 Å². The van der Waals surface area contributed by atoms with Crippen molar-refractivity contribution < 1.29 is 34.0 Å². The van der Waals surface area contributed by atoms with Gasteiger partial charge in [0.2, 0.25) is 0 Å². The zero-order chi connectivity index (χ0) is 21.4. The van der Waals surface area contributed by atoms with Crippen LogP contribution in [-0.2, 0) is 14.3 Å². The summed E-state index contributed by atoms with van der Waals surface area (Å²) in [6.45, 7) is 3.00. The van der Waals surface area contributed by atoms with E-state index >= 15 is 4.39 Å². The number of aliphatic hydroxyl groups is 3. The first-order valence-electron chi connectivity index (χ1n) is 10.2. The number of carbonyl (C=O) groups is 2. The van der Waals surface area contributed by atoms with Gasteiger partial charge in [0.05, 0.1) is 12.2 Å². The summed E-state index contributed by atoms with van der Waals surface area (Å²) in [5.41, 5.74) is -5.84. The number of methoxy groups -OCH3 is 1. The molecule has 160 valence electrons. The standard InChI is InChI=1S/C22H29FO6/c1-19-7-6-13(24)8-12(19)4-5-14-15-9-16(25)22(28,18(27)11-29-3)20(15,2)10-17(26)21(14,19)23/h6-8,14-17,25-26,28H,4-5,9-11H2,1-3H3/t14-,15-,16+,17-,19-,20-,21-,22-/m0/s1. The van der Waals surface area contributed by atoms with Gasteiger partial charge in [-0.1, -0.05) is 18.6 Å². The minimum Gasteiger partial charge on any atom is -0.390 e. The fourth-order valence-electron chi connectivity index (χ4n) is 6.97. The molecule has 8 atom stereocenters. The van der Waals surface area contributed by atoms with Gasteiger partial charge in [0.15, 0.2) is 22.8 Å². The van der Waals surface area contributed by atoms with Crippen molar-refractivity contribution in [1.29, 1.82) is 0 Å². The fourth-order valence-corrected chi connectivity index (χ4v) is 6.97. The molecule has 0 heterocycles. The highest BCUT2D eigenvalue weighted by Crippen LogP contribution is 2.69. The minimum atomic E-state index is -2.11. The lowest BCUT2D eigenvalue weighted by Crippen LogP contribution is -2.69. The van der Waals surface area contributed by atoms with E-state index < -0.39 is 51.9 Å². The molecular weight excluding hydrogens is 379 g/mol. The van der Waals surface area contributed by atoms with E-state index in [0.29, 0.717) is 18.4 Å². The molecule has 3 fully saturated rings. The van der Waals surface area contributed by atoms with Crippen LogP contribution in [-0.4, -0.2) is 64.1 Å². The van der Waals surface area contributed by atoms with Gasteiger partial charge in [0, 0.05) is 23.9 Å². The Morgan fingerprint density at radius 2 is 1.97 bits per heavy atom. The summed E-state index contributed by atoms with van der Waals surface area (Å²) < 4.78 is 21.8. The molecular formula is C22H29FO6. The molecule has 0 aromatic rings. The van der Waals surface area contributed by atoms with Crippen molar-refractivity contribution in [2.75, 3.05) is 13.7 Å². The molecule has 0 unspecified atom stereocenters. The van der Waals surface area contributed by atoms with Crippen LogP contribution in [0.5, 0.6) is 0 Å². The van der Waals surface area contributed by atoms with E-state index in [1.807, 2.05) is 0 Å². The number of aliphatic hydroxyl groups excluding tert-OH is 2. The third-order valence-corrected chi connectivity index (χ3v) is 8.56. The van der Waals surface area contributed by atoms with Crippen molar-refractivity contribution in [3.63, 3.8) is 0 Å². The van der Waals surface area contributed by atoms with Gasteiger partial charge in [0.1, 0.15) is 6.61 Å². The third kappa shape index (κ3) is 2.30. The zero-order valence-electron chi connectivity index (χ0n) is 17.0. The Morgan fingerprint density at radius 3 is 2.62 bits per heavy atom. The monoisotopic (exact) mass is 408 g/mol. The van der Waals surface area contributed by atoms with Crippen molar-refractivity contribution in [2.24, 2.45) is 22.7 Å². The second kappa shape index (κ2) is 6.30. The Kier molecular flexibility index (Phi) is 4.53. The van der Waals surface area contributed by atoms with E-state index in [2.05, 4.69) is 0 Å². The highest BCUT2D eigenvalue weighted by atomic mass is 19.1. The molecule has 3 N–H and O–H groups in total. The summed E-state index contributed by atoms with van der Waals surface area (Å²) in [7, 11) is 1.33. The molecule has 0 spiro atoms. The van der Waals surface area contributed by atoms with Crippen LogP contribution >= 0.6 is 0 Å². The largest absolute Gasteiger partial charge is 0.390 e. The number of alkyl halides is 1. The van der Waals surface area contributed by atoms with Crippen LogP contribution in [0.25, 0.3) is 0 Å². The van der Waals surface area contributed by atoms with Crippen LogP contribution in [0.2, 0.25) is 0 Å². The SMILES string of the molecule is COCC(=O)[C@@]1(O)[C@H](O)C[C@H]2[C@@H]3CCC4=CC(=O)C=C[C@]4(C)[C@@]3(F)[C@@H](O)C[C@@]21C. The van der Waals surface area contributed by atoms with Gasteiger partial charge in [-0.25, -0.2) is 4.39 Å². The van der Waals surface area contributed by atoms with E-state index in [1.54, 1.807) is 19.9 Å². The molecule has 4 rings (SSSR count). The summed E-state index contributed by atoms with van der Waals surface area (Å²) in [6, 6.07) is 0. The Morgan fingerprint density at radius 1 is 1.28 bits per heavy atom. The maximum absolute atomic E-state index is 16.9. The molecule has 4 aliphatic carbocycles. The number of allylic oxidation sites excluding steroid dienone is 4.